The zero-order valence-electron chi connectivity index (χ0n) is 11.6. The smallest absolute Gasteiger partial charge is 0.120 e. The Labute approximate surface area is 143 Å². The average molecular weight is 373 g/mol. The number of thiocarbonyl (C=S) groups is 1. The summed E-state index contributed by atoms with van der Waals surface area (Å²) in [5.41, 5.74) is 7.65. The van der Waals surface area contributed by atoms with Crippen LogP contribution in [-0.4, -0.2) is 4.99 Å². The number of benzene rings is 2. The summed E-state index contributed by atoms with van der Waals surface area (Å²) in [5, 5.41) is 8.98. The summed E-state index contributed by atoms with van der Waals surface area (Å²) in [6, 6.07) is 17.3. The van der Waals surface area contributed by atoms with E-state index < -0.39 is 0 Å². The van der Waals surface area contributed by atoms with Crippen LogP contribution in [0.15, 0.2) is 58.6 Å². The molecule has 0 aromatic heterocycles. The first kappa shape index (κ1) is 16.2. The normalized spacial score (nSPS) is 10.8. The van der Waals surface area contributed by atoms with E-state index in [1.165, 1.54) is 0 Å². The number of rotatable bonds is 5. The Kier molecular flexibility index (Phi) is 5.70. The van der Waals surface area contributed by atoms with Crippen molar-refractivity contribution in [3.63, 3.8) is 0 Å². The molecule has 0 unspecified atom stereocenters. The molecular weight excluding hydrogens is 360 g/mol. The van der Waals surface area contributed by atoms with Gasteiger partial charge in [0.1, 0.15) is 23.4 Å². The molecule has 0 aliphatic rings. The highest BCUT2D eigenvalue weighted by Crippen LogP contribution is 2.18. The summed E-state index contributed by atoms with van der Waals surface area (Å²) in [4.78, 5) is 0.0867. The largest absolute Gasteiger partial charge is 0.489 e. The quantitative estimate of drug-likeness (QED) is 0.484. The highest BCUT2D eigenvalue weighted by Gasteiger charge is 2.01. The van der Waals surface area contributed by atoms with Crippen molar-refractivity contribution in [2.45, 2.75) is 6.61 Å². The molecule has 0 atom stereocenters. The van der Waals surface area contributed by atoms with Crippen LogP contribution >= 0.6 is 28.1 Å². The molecule has 2 rings (SSSR count). The van der Waals surface area contributed by atoms with Gasteiger partial charge in [0.2, 0.25) is 0 Å². The second-order valence-corrected chi connectivity index (χ2v) is 5.88. The van der Waals surface area contributed by atoms with E-state index in [0.29, 0.717) is 6.61 Å². The van der Waals surface area contributed by atoms with Gasteiger partial charge in [0.25, 0.3) is 0 Å². The van der Waals surface area contributed by atoms with Gasteiger partial charge in [-0.1, -0.05) is 52.4 Å². The number of nitriles is 1. The first-order valence-corrected chi connectivity index (χ1v) is 7.67. The van der Waals surface area contributed by atoms with E-state index in [2.05, 4.69) is 15.9 Å². The van der Waals surface area contributed by atoms with Gasteiger partial charge in [-0.15, -0.1) is 0 Å². The lowest BCUT2D eigenvalue weighted by Gasteiger charge is -2.07. The van der Waals surface area contributed by atoms with Gasteiger partial charge in [0.05, 0.1) is 5.57 Å². The van der Waals surface area contributed by atoms with Crippen molar-refractivity contribution < 1.29 is 4.74 Å². The molecule has 5 heteroatoms. The molecule has 0 heterocycles. The van der Waals surface area contributed by atoms with E-state index in [9.17, 15) is 0 Å². The molecule has 0 radical (unpaired) electrons. The van der Waals surface area contributed by atoms with Crippen molar-refractivity contribution in [3.05, 3.63) is 69.7 Å². The Balaban J connectivity index is 2.10. The molecule has 0 aliphatic carbocycles. The van der Waals surface area contributed by atoms with E-state index in [0.717, 1.165) is 21.3 Å². The van der Waals surface area contributed by atoms with Gasteiger partial charge in [-0.05, 0) is 41.5 Å². The lowest BCUT2D eigenvalue weighted by molar-refractivity contribution is 0.306. The molecule has 2 N–H and O–H groups in total. The van der Waals surface area contributed by atoms with Crippen LogP contribution in [0.25, 0.3) is 6.08 Å². The molecule has 0 saturated heterocycles. The van der Waals surface area contributed by atoms with Crippen molar-refractivity contribution in [3.8, 4) is 11.8 Å². The highest BCUT2D eigenvalue weighted by molar-refractivity contribution is 9.10. The lowest BCUT2D eigenvalue weighted by Crippen LogP contribution is -2.09. The third-order valence-electron chi connectivity index (χ3n) is 2.87. The van der Waals surface area contributed by atoms with E-state index in [4.69, 9.17) is 28.0 Å². The second-order valence-electron chi connectivity index (χ2n) is 4.52. The minimum atomic E-state index is 0.0867. The monoisotopic (exact) mass is 372 g/mol. The molecule has 2 aromatic rings. The van der Waals surface area contributed by atoms with Gasteiger partial charge in [-0.2, -0.15) is 5.26 Å². The maximum atomic E-state index is 8.98. The maximum Gasteiger partial charge on any atom is 0.120 e. The fraction of sp³-hybridized carbons (Fsp3) is 0.0588. The molecule has 0 spiro atoms. The van der Waals surface area contributed by atoms with Crippen LogP contribution < -0.4 is 10.5 Å². The SMILES string of the molecule is N#C/C(=C\c1cccc(OCc2ccc(Br)cc2)c1)C(N)=S. The summed E-state index contributed by atoms with van der Waals surface area (Å²) in [6.07, 6.45) is 1.65. The lowest BCUT2D eigenvalue weighted by atomic mass is 10.1. The average Bonchev–Trinajstić information content (AvgIpc) is 2.52. The standard InChI is InChI=1S/C17H13BrN2OS/c18-15-6-4-12(5-7-15)11-21-16-3-1-2-13(9-16)8-14(10-19)17(20)22/h1-9H,11H2,(H2,20,22)/b14-8+. The van der Waals surface area contributed by atoms with E-state index in [1.807, 2.05) is 54.6 Å². The van der Waals surface area contributed by atoms with E-state index >= 15 is 0 Å². The Hall–Kier alpha value is -2.16. The van der Waals surface area contributed by atoms with Crippen LogP contribution in [0.1, 0.15) is 11.1 Å². The molecule has 0 amide bonds. The zero-order valence-corrected chi connectivity index (χ0v) is 14.0. The summed E-state index contributed by atoms with van der Waals surface area (Å²) in [5.74, 6) is 0.719. The molecule has 0 bridgehead atoms. The second kappa shape index (κ2) is 7.74. The first-order chi connectivity index (χ1) is 10.6. The zero-order chi connectivity index (χ0) is 15.9. The third kappa shape index (κ3) is 4.69. The summed E-state index contributed by atoms with van der Waals surface area (Å²) in [6.45, 7) is 0.473. The fourth-order valence-corrected chi connectivity index (χ4v) is 2.14. The van der Waals surface area contributed by atoms with Crippen molar-refractivity contribution in [2.24, 2.45) is 5.73 Å². The maximum absolute atomic E-state index is 8.98. The molecule has 0 saturated carbocycles. The molecule has 22 heavy (non-hydrogen) atoms. The number of nitrogens with zero attached hydrogens (tertiary/aromatic N) is 1. The van der Waals surface area contributed by atoms with Crippen LogP contribution in [0.3, 0.4) is 0 Å². The van der Waals surface area contributed by atoms with Crippen molar-refractivity contribution >= 4 is 39.2 Å². The number of hydrogen-bond donors (Lipinski definition) is 1. The topological polar surface area (TPSA) is 59.0 Å². The van der Waals surface area contributed by atoms with Crippen LogP contribution in [0.5, 0.6) is 5.75 Å². The number of nitrogens with two attached hydrogens (primary N) is 1. The van der Waals surface area contributed by atoms with Gasteiger partial charge in [0, 0.05) is 4.47 Å². The highest BCUT2D eigenvalue weighted by atomic mass is 79.9. The predicted octanol–water partition coefficient (Wildman–Crippen LogP) is 4.22. The Bertz CT molecular complexity index is 748. The summed E-state index contributed by atoms with van der Waals surface area (Å²) in [7, 11) is 0. The number of halogens is 1. The minimum absolute atomic E-state index is 0.0867. The Morgan fingerprint density at radius 1 is 1.27 bits per heavy atom. The van der Waals surface area contributed by atoms with E-state index in [1.54, 1.807) is 6.08 Å². The molecular formula is C17H13BrN2OS. The van der Waals surface area contributed by atoms with Crippen LogP contribution in [-0.2, 0) is 6.61 Å². The molecule has 3 nitrogen and oxygen atoms in total. The van der Waals surface area contributed by atoms with Crippen molar-refractivity contribution in [1.82, 2.24) is 0 Å². The van der Waals surface area contributed by atoms with E-state index in [-0.39, 0.29) is 10.6 Å². The molecule has 2 aromatic carbocycles. The predicted molar refractivity (Wildman–Crippen MR) is 95.3 cm³/mol. The third-order valence-corrected chi connectivity index (χ3v) is 3.62. The Morgan fingerprint density at radius 3 is 2.64 bits per heavy atom. The first-order valence-electron chi connectivity index (χ1n) is 6.47. The summed E-state index contributed by atoms with van der Waals surface area (Å²) < 4.78 is 6.79. The molecule has 0 aliphatic heterocycles. The fourth-order valence-electron chi connectivity index (χ4n) is 1.77. The molecule has 110 valence electrons. The van der Waals surface area contributed by atoms with Gasteiger partial charge in [-0.3, -0.25) is 0 Å². The van der Waals surface area contributed by atoms with Gasteiger partial charge in [-0.25, -0.2) is 0 Å². The van der Waals surface area contributed by atoms with Crippen molar-refractivity contribution in [1.29, 1.82) is 5.26 Å². The Morgan fingerprint density at radius 2 is 2.00 bits per heavy atom. The van der Waals surface area contributed by atoms with Crippen LogP contribution in [0.2, 0.25) is 0 Å². The number of hydrogen-bond acceptors (Lipinski definition) is 3. The number of ether oxygens (including phenoxy) is 1. The van der Waals surface area contributed by atoms with Gasteiger partial charge in [0.15, 0.2) is 0 Å². The van der Waals surface area contributed by atoms with Gasteiger partial charge >= 0.3 is 0 Å². The summed E-state index contributed by atoms with van der Waals surface area (Å²) >= 11 is 8.22. The molecule has 0 fully saturated rings. The van der Waals surface area contributed by atoms with Crippen molar-refractivity contribution in [2.75, 3.05) is 0 Å². The van der Waals surface area contributed by atoms with Gasteiger partial charge < -0.3 is 10.5 Å². The van der Waals surface area contributed by atoms with Crippen LogP contribution in [0.4, 0.5) is 0 Å². The van der Waals surface area contributed by atoms with Crippen LogP contribution in [0, 0.1) is 11.3 Å². The minimum Gasteiger partial charge on any atom is -0.489 e.